The summed E-state index contributed by atoms with van der Waals surface area (Å²) in [4.78, 5) is 2.42. The largest absolute Gasteiger partial charge is 0.393 e. The van der Waals surface area contributed by atoms with Crippen LogP contribution in [0.3, 0.4) is 0 Å². The molecular weight excluding hydrogens is 286 g/mol. The van der Waals surface area contributed by atoms with Crippen molar-refractivity contribution in [2.45, 2.75) is 19.1 Å². The topological polar surface area (TPSA) is 41.3 Å². The molecule has 2 aliphatic rings. The van der Waals surface area contributed by atoms with Crippen molar-refractivity contribution < 1.29 is 5.11 Å². The van der Waals surface area contributed by atoms with Gasteiger partial charge in [0.1, 0.15) is 0 Å². The van der Waals surface area contributed by atoms with E-state index in [0.29, 0.717) is 16.9 Å². The van der Waals surface area contributed by atoms with Gasteiger partial charge in [0.2, 0.25) is 0 Å². The molecule has 4 rings (SSSR count). The number of aliphatic hydroxyl groups excluding tert-OH is 1. The van der Waals surface area contributed by atoms with Gasteiger partial charge in [-0.2, -0.15) is 5.10 Å². The molecule has 1 aromatic heterocycles. The van der Waals surface area contributed by atoms with E-state index in [9.17, 15) is 5.11 Å². The lowest BCUT2D eigenvalue weighted by molar-refractivity contribution is -0.00435. The van der Waals surface area contributed by atoms with Crippen LogP contribution in [0, 0.1) is 11.8 Å². The van der Waals surface area contributed by atoms with Crippen LogP contribution in [0.1, 0.15) is 12.0 Å². The van der Waals surface area contributed by atoms with Gasteiger partial charge in [-0.05, 0) is 24.5 Å². The number of fused-ring (bicyclic) bond motifs is 1. The van der Waals surface area contributed by atoms with E-state index >= 15 is 0 Å². The number of hydrogen-bond acceptors (Lipinski definition) is 3. The number of para-hydroxylation sites is 1. The van der Waals surface area contributed by atoms with Gasteiger partial charge in [-0.15, -0.1) is 0 Å². The predicted molar refractivity (Wildman–Crippen MR) is 81.5 cm³/mol. The van der Waals surface area contributed by atoms with Crippen LogP contribution in [0.15, 0.2) is 36.7 Å². The van der Waals surface area contributed by atoms with E-state index in [1.54, 1.807) is 0 Å². The highest BCUT2D eigenvalue weighted by Gasteiger charge is 2.45. The minimum atomic E-state index is -0.0779. The van der Waals surface area contributed by atoms with Crippen LogP contribution in [-0.4, -0.2) is 39.0 Å². The Hall–Kier alpha value is -1.36. The second-order valence-electron chi connectivity index (χ2n) is 6.17. The van der Waals surface area contributed by atoms with E-state index in [1.807, 2.05) is 41.3 Å². The molecule has 1 saturated heterocycles. The maximum atomic E-state index is 9.73. The van der Waals surface area contributed by atoms with Gasteiger partial charge in [0.15, 0.2) is 0 Å². The first kappa shape index (κ1) is 13.3. The van der Waals surface area contributed by atoms with Gasteiger partial charge in [-0.25, -0.2) is 4.68 Å². The summed E-state index contributed by atoms with van der Waals surface area (Å²) in [5.41, 5.74) is 2.09. The Morgan fingerprint density at radius 2 is 2.14 bits per heavy atom. The molecule has 1 aromatic carbocycles. The Bertz CT molecular complexity index is 656. The molecule has 2 fully saturated rings. The van der Waals surface area contributed by atoms with E-state index in [1.165, 1.54) is 5.56 Å². The zero-order valence-electron chi connectivity index (χ0n) is 11.7. The average molecular weight is 304 g/mol. The van der Waals surface area contributed by atoms with Crippen molar-refractivity contribution in [1.29, 1.82) is 0 Å². The molecule has 1 aliphatic carbocycles. The number of aliphatic hydroxyl groups is 1. The second kappa shape index (κ2) is 5.13. The molecule has 0 spiro atoms. The first-order valence-corrected chi connectivity index (χ1v) is 7.77. The molecule has 5 heteroatoms. The summed E-state index contributed by atoms with van der Waals surface area (Å²) in [5.74, 6) is 1.18. The molecule has 21 heavy (non-hydrogen) atoms. The van der Waals surface area contributed by atoms with Crippen LogP contribution in [0.4, 0.5) is 0 Å². The van der Waals surface area contributed by atoms with Crippen molar-refractivity contribution in [2.24, 2.45) is 11.8 Å². The Morgan fingerprint density at radius 3 is 2.90 bits per heavy atom. The van der Waals surface area contributed by atoms with E-state index in [2.05, 4.69) is 10.00 Å². The number of nitrogens with zero attached hydrogens (tertiary/aromatic N) is 3. The molecule has 1 N–H and O–H groups in total. The molecule has 0 radical (unpaired) electrons. The SMILES string of the molecule is O[C@@H]1C[C@@H]2CN(Cc3cnn(-c4ccccc4Cl)c3)C[C@@H]21. The fourth-order valence-electron chi connectivity index (χ4n) is 3.56. The lowest BCUT2D eigenvalue weighted by Crippen LogP contribution is -2.39. The van der Waals surface area contributed by atoms with Crippen molar-refractivity contribution >= 4 is 11.6 Å². The van der Waals surface area contributed by atoms with E-state index in [-0.39, 0.29) is 6.10 Å². The Morgan fingerprint density at radius 1 is 1.29 bits per heavy atom. The van der Waals surface area contributed by atoms with Crippen molar-refractivity contribution in [3.8, 4) is 5.69 Å². The smallest absolute Gasteiger partial charge is 0.0831 e. The third-order valence-electron chi connectivity index (χ3n) is 4.75. The van der Waals surface area contributed by atoms with Gasteiger partial charge in [0.05, 0.1) is 23.0 Å². The third kappa shape index (κ3) is 2.37. The Kier molecular flexibility index (Phi) is 3.25. The van der Waals surface area contributed by atoms with E-state index in [0.717, 1.165) is 31.7 Å². The number of aromatic nitrogens is 2. The summed E-state index contributed by atoms with van der Waals surface area (Å²) in [7, 11) is 0. The minimum absolute atomic E-state index is 0.0779. The Labute approximate surface area is 128 Å². The minimum Gasteiger partial charge on any atom is -0.393 e. The zero-order chi connectivity index (χ0) is 14.4. The number of likely N-dealkylation sites (tertiary alicyclic amines) is 1. The summed E-state index contributed by atoms with van der Waals surface area (Å²) in [6.07, 6.45) is 4.84. The number of rotatable bonds is 3. The predicted octanol–water partition coefficient (Wildman–Crippen LogP) is 2.34. The molecule has 4 nitrogen and oxygen atoms in total. The number of benzene rings is 1. The van der Waals surface area contributed by atoms with Crippen molar-refractivity contribution in [3.63, 3.8) is 0 Å². The Balaban J connectivity index is 1.47. The lowest BCUT2D eigenvalue weighted by atomic mass is 9.74. The molecule has 0 amide bonds. The van der Waals surface area contributed by atoms with Crippen molar-refractivity contribution in [3.05, 3.63) is 47.2 Å². The maximum absolute atomic E-state index is 9.73. The highest BCUT2D eigenvalue weighted by molar-refractivity contribution is 6.32. The first-order chi connectivity index (χ1) is 10.2. The highest BCUT2D eigenvalue weighted by atomic mass is 35.5. The van der Waals surface area contributed by atoms with Crippen LogP contribution in [-0.2, 0) is 6.54 Å². The molecule has 1 aliphatic heterocycles. The summed E-state index contributed by atoms with van der Waals surface area (Å²) in [5, 5.41) is 14.8. The maximum Gasteiger partial charge on any atom is 0.0831 e. The van der Waals surface area contributed by atoms with Gasteiger partial charge < -0.3 is 5.11 Å². The summed E-state index contributed by atoms with van der Waals surface area (Å²) in [6, 6.07) is 7.72. The summed E-state index contributed by atoms with van der Waals surface area (Å²) < 4.78 is 1.83. The molecule has 110 valence electrons. The van der Waals surface area contributed by atoms with Crippen molar-refractivity contribution in [1.82, 2.24) is 14.7 Å². The van der Waals surface area contributed by atoms with Crippen LogP contribution < -0.4 is 0 Å². The molecule has 2 aromatic rings. The quantitative estimate of drug-likeness (QED) is 0.946. The standard InChI is InChI=1S/C16H18ClN3O/c17-14-3-1-2-4-15(14)20-8-11(6-18-20)7-19-9-12-5-16(21)13(12)10-19/h1-4,6,8,12-13,16,21H,5,7,9-10H2/t12-,13+,16-/m1/s1. The van der Waals surface area contributed by atoms with Gasteiger partial charge in [0.25, 0.3) is 0 Å². The van der Waals surface area contributed by atoms with E-state index in [4.69, 9.17) is 11.6 Å². The van der Waals surface area contributed by atoms with Gasteiger partial charge in [0, 0.05) is 37.3 Å². The van der Waals surface area contributed by atoms with Crippen LogP contribution in [0.25, 0.3) is 5.69 Å². The molecule has 2 heterocycles. The van der Waals surface area contributed by atoms with Gasteiger partial charge >= 0.3 is 0 Å². The molecule has 3 atom stereocenters. The van der Waals surface area contributed by atoms with Gasteiger partial charge in [-0.1, -0.05) is 23.7 Å². The second-order valence-corrected chi connectivity index (χ2v) is 6.57. The summed E-state index contributed by atoms with van der Waals surface area (Å²) >= 11 is 6.20. The van der Waals surface area contributed by atoms with Crippen molar-refractivity contribution in [2.75, 3.05) is 13.1 Å². The normalized spacial score (nSPS) is 28.4. The molecule has 1 saturated carbocycles. The molecule has 0 unspecified atom stereocenters. The zero-order valence-corrected chi connectivity index (χ0v) is 12.4. The van der Waals surface area contributed by atoms with Crippen LogP contribution in [0.5, 0.6) is 0 Å². The van der Waals surface area contributed by atoms with Gasteiger partial charge in [-0.3, -0.25) is 4.90 Å². The first-order valence-electron chi connectivity index (χ1n) is 7.39. The average Bonchev–Trinajstić information content (AvgIpc) is 3.05. The van der Waals surface area contributed by atoms with Crippen LogP contribution >= 0.6 is 11.6 Å². The fourth-order valence-corrected chi connectivity index (χ4v) is 3.78. The van der Waals surface area contributed by atoms with E-state index < -0.39 is 0 Å². The molecular formula is C16H18ClN3O. The third-order valence-corrected chi connectivity index (χ3v) is 5.07. The fraction of sp³-hybridized carbons (Fsp3) is 0.438. The monoisotopic (exact) mass is 303 g/mol. The lowest BCUT2D eigenvalue weighted by Gasteiger charge is -2.35. The molecule has 0 bridgehead atoms. The number of halogens is 1. The number of hydrogen-bond donors (Lipinski definition) is 1. The highest BCUT2D eigenvalue weighted by Crippen LogP contribution is 2.41. The van der Waals surface area contributed by atoms with Crippen LogP contribution in [0.2, 0.25) is 5.02 Å². The summed E-state index contributed by atoms with van der Waals surface area (Å²) in [6.45, 7) is 2.99.